The Morgan fingerprint density at radius 3 is 1.93 bits per heavy atom. The zero-order valence-electron chi connectivity index (χ0n) is 30.9. The highest BCUT2D eigenvalue weighted by molar-refractivity contribution is 6.30. The normalized spacial score (nSPS) is 16.8. The summed E-state index contributed by atoms with van der Waals surface area (Å²) in [5.41, 5.74) is 6.18. The van der Waals surface area contributed by atoms with Crippen LogP contribution in [0, 0.1) is 0 Å². The van der Waals surface area contributed by atoms with Crippen LogP contribution in [0.1, 0.15) is 40.1 Å². The van der Waals surface area contributed by atoms with Crippen LogP contribution in [-0.4, -0.2) is 135 Å². The average Bonchev–Trinajstić information content (AvgIpc) is 3.19. The Morgan fingerprint density at radius 2 is 1.34 bits per heavy atom. The average molecular weight is 787 g/mol. The third kappa shape index (κ3) is 13.5. The fourth-order valence-electron chi connectivity index (χ4n) is 5.43. The molecule has 1 aliphatic heterocycles. The molecule has 306 valence electrons. The van der Waals surface area contributed by atoms with Gasteiger partial charge in [-0.2, -0.15) is 5.10 Å². The van der Waals surface area contributed by atoms with E-state index >= 15 is 0 Å². The highest BCUT2D eigenvalue weighted by Crippen LogP contribution is 2.51. The van der Waals surface area contributed by atoms with Crippen LogP contribution >= 0.6 is 0 Å². The standard InChI is InChI=1S/C38H50N4O14/c39-7-10-50-13-15-52-17-19-53-18-16-51-14-12-49-9-6-27(42-40)24-41-8-11-54-36-33-29(44)22-28(43)23-32(33)55-35(26-20-30(45)34(47)31(46)21-26)37(36)56-38(48)25-4-2-1-3-5-25/h1-5,20-24,35-37,43-47H,6-19,39-40H2. The molecule has 3 aromatic rings. The van der Waals surface area contributed by atoms with E-state index in [2.05, 4.69) is 10.1 Å². The Bertz CT molecular complexity index is 1690. The number of benzene rings is 3. The molecule has 0 radical (unpaired) electrons. The smallest absolute Gasteiger partial charge is 0.338 e. The van der Waals surface area contributed by atoms with Gasteiger partial charge in [0.1, 0.15) is 23.4 Å². The number of hydrogen-bond acceptors (Lipinski definition) is 18. The SMILES string of the molecule is NCCOCCOCCOCCOCCOCCC(C=NCCOC1c2c(O)cc(O)cc2OC(c2cc(O)c(O)c(O)c2)C1OC(=O)c1ccccc1)=NN. The van der Waals surface area contributed by atoms with Crippen LogP contribution in [0.3, 0.4) is 0 Å². The molecule has 0 saturated heterocycles. The van der Waals surface area contributed by atoms with E-state index in [-0.39, 0.29) is 41.3 Å². The minimum absolute atomic E-state index is 0.0152. The van der Waals surface area contributed by atoms with Gasteiger partial charge in [0.05, 0.1) is 96.1 Å². The van der Waals surface area contributed by atoms with Gasteiger partial charge in [-0.25, -0.2) is 4.79 Å². The van der Waals surface area contributed by atoms with Gasteiger partial charge in [0.15, 0.2) is 29.5 Å². The number of aliphatic imine (C=N–C) groups is 1. The second kappa shape index (κ2) is 23.7. The summed E-state index contributed by atoms with van der Waals surface area (Å²) in [5.74, 6) is 1.97. The molecule has 0 bridgehead atoms. The Morgan fingerprint density at radius 1 is 0.750 bits per heavy atom. The number of rotatable bonds is 25. The Balaban J connectivity index is 1.29. The van der Waals surface area contributed by atoms with Gasteiger partial charge in [0, 0.05) is 36.9 Å². The number of esters is 1. The lowest BCUT2D eigenvalue weighted by molar-refractivity contribution is -0.109. The maximum absolute atomic E-state index is 13.4. The molecule has 0 fully saturated rings. The summed E-state index contributed by atoms with van der Waals surface area (Å²) in [7, 11) is 0. The number of carbonyl (C=O) groups is 1. The molecule has 56 heavy (non-hydrogen) atoms. The Kier molecular flexibility index (Phi) is 18.4. The van der Waals surface area contributed by atoms with E-state index in [1.54, 1.807) is 30.3 Å². The lowest BCUT2D eigenvalue weighted by Crippen LogP contribution is -2.39. The van der Waals surface area contributed by atoms with E-state index in [1.165, 1.54) is 12.3 Å². The molecular weight excluding hydrogens is 736 g/mol. The van der Waals surface area contributed by atoms with Crippen LogP contribution in [0.15, 0.2) is 64.7 Å². The maximum atomic E-state index is 13.4. The second-order valence-electron chi connectivity index (χ2n) is 12.1. The summed E-state index contributed by atoms with van der Waals surface area (Å²) in [5, 5.41) is 55.5. The number of hydrogen-bond donors (Lipinski definition) is 7. The summed E-state index contributed by atoms with van der Waals surface area (Å²) >= 11 is 0. The first-order valence-electron chi connectivity index (χ1n) is 17.9. The molecule has 9 N–H and O–H groups in total. The summed E-state index contributed by atoms with van der Waals surface area (Å²) in [6, 6.07) is 12.7. The first-order chi connectivity index (χ1) is 27.2. The van der Waals surface area contributed by atoms with Crippen molar-refractivity contribution in [1.29, 1.82) is 0 Å². The van der Waals surface area contributed by atoms with E-state index < -0.39 is 47.3 Å². The van der Waals surface area contributed by atoms with Crippen LogP contribution in [0.5, 0.6) is 34.5 Å². The predicted octanol–water partition coefficient (Wildman–Crippen LogP) is 2.45. The highest BCUT2D eigenvalue weighted by Gasteiger charge is 2.45. The van der Waals surface area contributed by atoms with Gasteiger partial charge in [0.25, 0.3) is 0 Å². The largest absolute Gasteiger partial charge is 0.508 e. The van der Waals surface area contributed by atoms with Gasteiger partial charge in [-0.15, -0.1) is 0 Å². The van der Waals surface area contributed by atoms with Crippen LogP contribution < -0.4 is 16.3 Å². The number of nitrogens with zero attached hydrogens (tertiary/aromatic N) is 2. The molecule has 3 aromatic carbocycles. The van der Waals surface area contributed by atoms with Crippen LogP contribution in [0.4, 0.5) is 0 Å². The van der Waals surface area contributed by atoms with Crippen molar-refractivity contribution in [2.45, 2.75) is 24.7 Å². The van der Waals surface area contributed by atoms with E-state index in [1.807, 2.05) is 0 Å². The molecule has 0 spiro atoms. The minimum Gasteiger partial charge on any atom is -0.508 e. The van der Waals surface area contributed by atoms with Crippen LogP contribution in [0.25, 0.3) is 0 Å². The number of nitrogens with two attached hydrogens (primary N) is 2. The molecule has 1 heterocycles. The van der Waals surface area contributed by atoms with E-state index in [0.29, 0.717) is 84.7 Å². The van der Waals surface area contributed by atoms with Crippen molar-refractivity contribution < 1.29 is 68.2 Å². The first-order valence-corrected chi connectivity index (χ1v) is 17.9. The Hall–Kier alpha value is -5.21. The van der Waals surface area contributed by atoms with Gasteiger partial charge in [0.2, 0.25) is 0 Å². The number of phenolic OH excluding ortho intramolecular Hbond substituents is 5. The topological polar surface area (TPSA) is 269 Å². The summed E-state index contributed by atoms with van der Waals surface area (Å²) in [6.45, 7) is 4.80. The van der Waals surface area contributed by atoms with E-state index in [4.69, 9.17) is 49.5 Å². The fraction of sp³-hybridized carbons (Fsp3) is 0.447. The molecule has 3 atom stereocenters. The molecule has 0 aliphatic carbocycles. The highest BCUT2D eigenvalue weighted by atomic mass is 16.6. The third-order valence-electron chi connectivity index (χ3n) is 8.09. The van der Waals surface area contributed by atoms with Gasteiger partial charge in [-0.05, 0) is 24.3 Å². The number of fused-ring (bicyclic) bond motifs is 1. The number of phenols is 5. The molecule has 4 rings (SSSR count). The quantitative estimate of drug-likeness (QED) is 0.0162. The number of hydrazone groups is 1. The molecule has 18 nitrogen and oxygen atoms in total. The molecule has 3 unspecified atom stereocenters. The molecule has 0 saturated carbocycles. The van der Waals surface area contributed by atoms with Crippen molar-refractivity contribution in [3.05, 3.63) is 71.3 Å². The van der Waals surface area contributed by atoms with Gasteiger partial charge < -0.3 is 75.0 Å². The van der Waals surface area contributed by atoms with Crippen molar-refractivity contribution in [1.82, 2.24) is 0 Å². The summed E-state index contributed by atoms with van der Waals surface area (Å²) in [6.07, 6.45) is -1.95. The summed E-state index contributed by atoms with van der Waals surface area (Å²) < 4.78 is 45.4. The van der Waals surface area contributed by atoms with Crippen molar-refractivity contribution >= 4 is 17.9 Å². The van der Waals surface area contributed by atoms with Crippen molar-refractivity contribution in [2.75, 3.05) is 85.8 Å². The second-order valence-corrected chi connectivity index (χ2v) is 12.1. The van der Waals surface area contributed by atoms with Crippen molar-refractivity contribution in [3.8, 4) is 34.5 Å². The molecular formula is C38H50N4O14. The monoisotopic (exact) mass is 786 g/mol. The molecule has 0 amide bonds. The number of ether oxygens (including phenoxy) is 8. The maximum Gasteiger partial charge on any atom is 0.338 e. The van der Waals surface area contributed by atoms with Gasteiger partial charge in [-0.1, -0.05) is 18.2 Å². The lowest BCUT2D eigenvalue weighted by atomic mass is 9.90. The minimum atomic E-state index is -1.33. The van der Waals surface area contributed by atoms with Crippen LogP contribution in [-0.2, 0) is 33.2 Å². The third-order valence-corrected chi connectivity index (χ3v) is 8.09. The number of aromatic hydroxyl groups is 5. The first kappa shape index (κ1) is 43.5. The zero-order valence-corrected chi connectivity index (χ0v) is 30.9. The van der Waals surface area contributed by atoms with Crippen LogP contribution in [0.2, 0.25) is 0 Å². The molecule has 18 heteroatoms. The molecule has 0 aromatic heterocycles. The van der Waals surface area contributed by atoms with Crippen molar-refractivity contribution in [3.63, 3.8) is 0 Å². The lowest BCUT2D eigenvalue weighted by Gasteiger charge is -2.39. The Labute approximate surface area is 323 Å². The van der Waals surface area contributed by atoms with Gasteiger partial charge in [-0.3, -0.25) is 4.99 Å². The predicted molar refractivity (Wildman–Crippen MR) is 202 cm³/mol. The summed E-state index contributed by atoms with van der Waals surface area (Å²) in [4.78, 5) is 17.7. The zero-order chi connectivity index (χ0) is 40.1. The van der Waals surface area contributed by atoms with Gasteiger partial charge >= 0.3 is 5.97 Å². The van der Waals surface area contributed by atoms with E-state index in [0.717, 1.165) is 18.2 Å². The van der Waals surface area contributed by atoms with Crippen molar-refractivity contribution in [2.24, 2.45) is 21.7 Å². The fourth-order valence-corrected chi connectivity index (χ4v) is 5.43. The van der Waals surface area contributed by atoms with E-state index in [9.17, 15) is 30.3 Å². The number of carbonyl (C=O) groups excluding carboxylic acids is 1. The molecule has 1 aliphatic rings.